The van der Waals surface area contributed by atoms with Crippen molar-refractivity contribution in [2.45, 2.75) is 18.7 Å². The van der Waals surface area contributed by atoms with Gasteiger partial charge in [0.25, 0.3) is 0 Å². The molecule has 0 aliphatic carbocycles. The molecule has 2 rings (SSSR count). The molecule has 4 heteroatoms. The summed E-state index contributed by atoms with van der Waals surface area (Å²) in [5.74, 6) is 0.908. The Labute approximate surface area is 145 Å². The lowest BCUT2D eigenvalue weighted by Crippen LogP contribution is -2.01. The highest BCUT2D eigenvalue weighted by Gasteiger charge is 2.19. The molecule has 0 N–H and O–H groups in total. The van der Waals surface area contributed by atoms with Crippen molar-refractivity contribution in [1.82, 2.24) is 0 Å². The molecule has 0 amide bonds. The number of alkyl halides is 1. The van der Waals surface area contributed by atoms with E-state index >= 15 is 0 Å². The SMILES string of the molecule is CCOc1ccc(Br)cc1C(Br)c1cccc(C)c1Br. The minimum absolute atomic E-state index is 0.0795. The summed E-state index contributed by atoms with van der Waals surface area (Å²) in [6.07, 6.45) is 0. The van der Waals surface area contributed by atoms with Gasteiger partial charge >= 0.3 is 0 Å². The van der Waals surface area contributed by atoms with Gasteiger partial charge in [-0.3, -0.25) is 0 Å². The summed E-state index contributed by atoms with van der Waals surface area (Å²) in [4.78, 5) is 0.0795. The van der Waals surface area contributed by atoms with Crippen LogP contribution in [0.25, 0.3) is 0 Å². The fraction of sp³-hybridized carbons (Fsp3) is 0.250. The van der Waals surface area contributed by atoms with E-state index in [0.29, 0.717) is 6.61 Å². The molecule has 0 aromatic heterocycles. The van der Waals surface area contributed by atoms with Gasteiger partial charge in [-0.25, -0.2) is 0 Å². The first-order valence-corrected chi connectivity index (χ1v) is 8.86. The Balaban J connectivity index is 2.49. The fourth-order valence-electron chi connectivity index (χ4n) is 2.04. The van der Waals surface area contributed by atoms with Crippen molar-refractivity contribution in [3.63, 3.8) is 0 Å². The zero-order valence-electron chi connectivity index (χ0n) is 11.3. The second kappa shape index (κ2) is 7.10. The van der Waals surface area contributed by atoms with Crippen LogP contribution < -0.4 is 4.74 Å². The van der Waals surface area contributed by atoms with Gasteiger partial charge in [-0.1, -0.05) is 66.0 Å². The summed E-state index contributed by atoms with van der Waals surface area (Å²) in [6.45, 7) is 4.75. The number of hydrogen-bond acceptors (Lipinski definition) is 1. The maximum Gasteiger partial charge on any atom is 0.124 e. The van der Waals surface area contributed by atoms with E-state index in [-0.39, 0.29) is 4.83 Å². The van der Waals surface area contributed by atoms with E-state index in [0.717, 1.165) is 20.3 Å². The van der Waals surface area contributed by atoms with E-state index in [1.54, 1.807) is 0 Å². The number of halogens is 3. The Morgan fingerprint density at radius 3 is 2.55 bits per heavy atom. The van der Waals surface area contributed by atoms with Crippen LogP contribution in [0, 0.1) is 6.92 Å². The van der Waals surface area contributed by atoms with Crippen molar-refractivity contribution in [2.75, 3.05) is 6.61 Å². The van der Waals surface area contributed by atoms with Crippen LogP contribution in [0.15, 0.2) is 45.3 Å². The molecule has 0 aliphatic rings. The molecule has 1 unspecified atom stereocenters. The summed E-state index contributed by atoms with van der Waals surface area (Å²) < 4.78 is 7.91. The van der Waals surface area contributed by atoms with Crippen molar-refractivity contribution < 1.29 is 4.74 Å². The van der Waals surface area contributed by atoms with Crippen LogP contribution in [0.1, 0.15) is 28.4 Å². The van der Waals surface area contributed by atoms with Crippen LogP contribution in [0.4, 0.5) is 0 Å². The highest BCUT2D eigenvalue weighted by molar-refractivity contribution is 9.11. The average Bonchev–Trinajstić information content (AvgIpc) is 2.43. The Hall–Kier alpha value is -0.320. The van der Waals surface area contributed by atoms with Crippen LogP contribution in [0.3, 0.4) is 0 Å². The molecule has 0 saturated heterocycles. The molecule has 0 radical (unpaired) electrons. The molecule has 2 aromatic rings. The Bertz CT molecular complexity index is 611. The second-order valence-electron chi connectivity index (χ2n) is 4.46. The molecule has 0 aliphatic heterocycles. The zero-order chi connectivity index (χ0) is 14.7. The molecular weight excluding hydrogens is 448 g/mol. The topological polar surface area (TPSA) is 9.23 Å². The molecular formula is C16H15Br3O. The maximum absolute atomic E-state index is 5.74. The Morgan fingerprint density at radius 1 is 1.10 bits per heavy atom. The normalized spacial score (nSPS) is 12.2. The van der Waals surface area contributed by atoms with E-state index in [1.807, 2.05) is 19.1 Å². The summed E-state index contributed by atoms with van der Waals surface area (Å²) in [5.41, 5.74) is 3.54. The van der Waals surface area contributed by atoms with Gasteiger partial charge in [-0.15, -0.1) is 0 Å². The molecule has 0 heterocycles. The van der Waals surface area contributed by atoms with Gasteiger partial charge in [-0.2, -0.15) is 0 Å². The van der Waals surface area contributed by atoms with E-state index in [4.69, 9.17) is 4.74 Å². The molecule has 106 valence electrons. The van der Waals surface area contributed by atoms with Gasteiger partial charge in [0.1, 0.15) is 5.75 Å². The zero-order valence-corrected chi connectivity index (χ0v) is 16.0. The molecule has 20 heavy (non-hydrogen) atoms. The van der Waals surface area contributed by atoms with Gasteiger partial charge in [0.2, 0.25) is 0 Å². The van der Waals surface area contributed by atoms with Gasteiger partial charge < -0.3 is 4.74 Å². The molecule has 1 atom stereocenters. The molecule has 0 bridgehead atoms. The third-order valence-electron chi connectivity index (χ3n) is 3.04. The van der Waals surface area contributed by atoms with E-state index in [2.05, 4.69) is 79.0 Å². The highest BCUT2D eigenvalue weighted by Crippen LogP contribution is 2.41. The van der Waals surface area contributed by atoms with Crippen LogP contribution in [0.5, 0.6) is 5.75 Å². The number of rotatable bonds is 4. The number of hydrogen-bond donors (Lipinski definition) is 0. The summed E-state index contributed by atoms with van der Waals surface area (Å²) in [5, 5.41) is 0. The Morgan fingerprint density at radius 2 is 1.85 bits per heavy atom. The van der Waals surface area contributed by atoms with Crippen molar-refractivity contribution in [3.05, 3.63) is 62.0 Å². The minimum atomic E-state index is 0.0795. The summed E-state index contributed by atoms with van der Waals surface area (Å²) in [6, 6.07) is 12.4. The Kier molecular flexibility index (Phi) is 5.70. The molecule has 0 saturated carbocycles. The molecule has 1 nitrogen and oxygen atoms in total. The van der Waals surface area contributed by atoms with E-state index in [9.17, 15) is 0 Å². The number of benzene rings is 2. The molecule has 2 aromatic carbocycles. The lowest BCUT2D eigenvalue weighted by atomic mass is 10.0. The van der Waals surface area contributed by atoms with Gasteiger partial charge in [0, 0.05) is 14.5 Å². The lowest BCUT2D eigenvalue weighted by molar-refractivity contribution is 0.337. The fourth-order valence-corrected chi connectivity index (χ4v) is 3.96. The van der Waals surface area contributed by atoms with Crippen molar-refractivity contribution in [3.8, 4) is 5.75 Å². The van der Waals surface area contributed by atoms with Crippen LogP contribution in [0.2, 0.25) is 0 Å². The predicted octanol–water partition coefficient (Wildman–Crippen LogP) is 6.40. The van der Waals surface area contributed by atoms with Crippen LogP contribution in [-0.2, 0) is 0 Å². The second-order valence-corrected chi connectivity index (χ2v) is 7.08. The van der Waals surface area contributed by atoms with Crippen LogP contribution in [-0.4, -0.2) is 6.61 Å². The average molecular weight is 463 g/mol. The summed E-state index contributed by atoms with van der Waals surface area (Å²) >= 11 is 11.0. The summed E-state index contributed by atoms with van der Waals surface area (Å²) in [7, 11) is 0. The van der Waals surface area contributed by atoms with E-state index in [1.165, 1.54) is 11.1 Å². The number of ether oxygens (including phenoxy) is 1. The van der Waals surface area contributed by atoms with Gasteiger partial charge in [-0.05, 0) is 43.2 Å². The van der Waals surface area contributed by atoms with Crippen molar-refractivity contribution >= 4 is 47.8 Å². The first kappa shape index (κ1) is 16.1. The van der Waals surface area contributed by atoms with Crippen molar-refractivity contribution in [1.29, 1.82) is 0 Å². The number of aryl methyl sites for hydroxylation is 1. The minimum Gasteiger partial charge on any atom is -0.494 e. The lowest BCUT2D eigenvalue weighted by Gasteiger charge is -2.18. The monoisotopic (exact) mass is 460 g/mol. The predicted molar refractivity (Wildman–Crippen MR) is 95.0 cm³/mol. The maximum atomic E-state index is 5.74. The molecule has 0 fully saturated rings. The first-order chi connectivity index (χ1) is 9.54. The largest absolute Gasteiger partial charge is 0.494 e. The standard InChI is InChI=1S/C16H15Br3O/c1-3-20-14-8-7-11(17)9-13(14)16(19)12-6-4-5-10(2)15(12)18/h4-9,16H,3H2,1-2H3. The third-order valence-corrected chi connectivity index (χ3v) is 5.60. The van der Waals surface area contributed by atoms with Gasteiger partial charge in [0.15, 0.2) is 0 Å². The van der Waals surface area contributed by atoms with Crippen molar-refractivity contribution in [2.24, 2.45) is 0 Å². The van der Waals surface area contributed by atoms with E-state index < -0.39 is 0 Å². The smallest absolute Gasteiger partial charge is 0.124 e. The van der Waals surface area contributed by atoms with Gasteiger partial charge in [0.05, 0.1) is 11.4 Å². The quantitative estimate of drug-likeness (QED) is 0.477. The highest BCUT2D eigenvalue weighted by atomic mass is 79.9. The third kappa shape index (κ3) is 3.46. The first-order valence-electron chi connectivity index (χ1n) is 6.36. The van der Waals surface area contributed by atoms with Crippen LogP contribution >= 0.6 is 47.8 Å². The molecule has 0 spiro atoms.